The molecule has 6 heteroatoms. The standard InChI is InChI=1S/C24H39NO5/c1-5-25-11-22(12-28-2)7-6-18(30-4)24-14-8-13-16(29-3)10-23(27,19(14)20(13)26)15(21(24)25)9-17(22)24/h13-21,26-27H,5-12H2,1-4H3/t13-,14+,15-,16-,17+,18?,19+,20?,21-,22-,23-,24?/m0/s1. The number of likely N-dealkylation sites (tertiary alicyclic amines) is 1. The summed E-state index contributed by atoms with van der Waals surface area (Å²) in [5.41, 5.74) is -0.719. The van der Waals surface area contributed by atoms with Crippen LogP contribution in [0.1, 0.15) is 39.0 Å². The first-order valence-corrected chi connectivity index (χ1v) is 12.1. The highest BCUT2D eigenvalue weighted by Gasteiger charge is 2.83. The molecule has 0 radical (unpaired) electrons. The Labute approximate surface area is 180 Å². The van der Waals surface area contributed by atoms with Gasteiger partial charge in [-0.05, 0) is 44.1 Å². The molecule has 1 heterocycles. The lowest BCUT2D eigenvalue weighted by molar-refractivity contribution is -0.276. The zero-order valence-electron chi connectivity index (χ0n) is 18.9. The van der Waals surface area contributed by atoms with Crippen molar-refractivity contribution in [2.24, 2.45) is 40.4 Å². The summed E-state index contributed by atoms with van der Waals surface area (Å²) in [7, 11) is 5.48. The molecule has 6 fully saturated rings. The zero-order valence-corrected chi connectivity index (χ0v) is 18.9. The van der Waals surface area contributed by atoms with Gasteiger partial charge in [0, 0.05) is 68.9 Å². The molecule has 6 aliphatic rings. The highest BCUT2D eigenvalue weighted by molar-refractivity contribution is 5.33. The van der Waals surface area contributed by atoms with Gasteiger partial charge in [-0.2, -0.15) is 0 Å². The summed E-state index contributed by atoms with van der Waals surface area (Å²) in [5, 5.41) is 23.8. The second-order valence-corrected chi connectivity index (χ2v) is 11.5. The van der Waals surface area contributed by atoms with Gasteiger partial charge < -0.3 is 24.4 Å². The Morgan fingerprint density at radius 1 is 1.10 bits per heavy atom. The average molecular weight is 422 g/mol. The number of rotatable bonds is 5. The maximum Gasteiger partial charge on any atom is 0.0771 e. The molecule has 6 nitrogen and oxygen atoms in total. The fourth-order valence-corrected chi connectivity index (χ4v) is 10.7. The van der Waals surface area contributed by atoms with Crippen LogP contribution in [0.2, 0.25) is 0 Å². The highest BCUT2D eigenvalue weighted by Crippen LogP contribution is 2.79. The minimum absolute atomic E-state index is 0.000283. The van der Waals surface area contributed by atoms with Crippen molar-refractivity contribution < 1.29 is 24.4 Å². The van der Waals surface area contributed by atoms with E-state index in [1.54, 1.807) is 7.11 Å². The second kappa shape index (κ2) is 6.42. The van der Waals surface area contributed by atoms with Crippen molar-refractivity contribution in [1.29, 1.82) is 0 Å². The third kappa shape index (κ3) is 2.00. The Morgan fingerprint density at radius 2 is 1.90 bits per heavy atom. The predicted molar refractivity (Wildman–Crippen MR) is 111 cm³/mol. The fraction of sp³-hybridized carbons (Fsp3) is 1.00. The molecule has 1 spiro atoms. The Bertz CT molecular complexity index is 720. The van der Waals surface area contributed by atoms with Crippen LogP contribution in [0.5, 0.6) is 0 Å². The zero-order chi connectivity index (χ0) is 21.1. The molecule has 2 N–H and O–H groups in total. The van der Waals surface area contributed by atoms with Crippen LogP contribution in [0.15, 0.2) is 0 Å². The maximum absolute atomic E-state index is 12.4. The van der Waals surface area contributed by atoms with Crippen LogP contribution < -0.4 is 0 Å². The number of fused-ring (bicyclic) bond motifs is 2. The van der Waals surface area contributed by atoms with Crippen LogP contribution in [0.3, 0.4) is 0 Å². The fourth-order valence-electron chi connectivity index (χ4n) is 10.7. The first-order valence-electron chi connectivity index (χ1n) is 12.1. The van der Waals surface area contributed by atoms with E-state index in [-0.39, 0.29) is 46.7 Å². The maximum atomic E-state index is 12.4. The lowest BCUT2D eigenvalue weighted by Crippen LogP contribution is -2.76. The van der Waals surface area contributed by atoms with Gasteiger partial charge in [0.1, 0.15) is 0 Å². The van der Waals surface area contributed by atoms with E-state index in [9.17, 15) is 10.2 Å². The van der Waals surface area contributed by atoms with Crippen molar-refractivity contribution in [3.8, 4) is 0 Å². The SMILES string of the molecule is CCN1C[C@]2(COC)CCC(OC)C34[C@@H]5C[C@@H]6C(O)[C@@H]5[C@](O)(C[C@@H]6OC)[C@@H](C[C@@H]32)[C@H]14. The minimum atomic E-state index is -0.847. The highest BCUT2D eigenvalue weighted by atomic mass is 16.5. The van der Waals surface area contributed by atoms with Gasteiger partial charge in [0.05, 0.1) is 30.5 Å². The number of hydrogen-bond acceptors (Lipinski definition) is 6. The second-order valence-electron chi connectivity index (χ2n) is 11.5. The molecule has 0 aromatic heterocycles. The Hall–Kier alpha value is -0.240. The summed E-state index contributed by atoms with van der Waals surface area (Å²) in [5.74, 6) is 1.03. The van der Waals surface area contributed by atoms with E-state index in [0.29, 0.717) is 18.4 Å². The van der Waals surface area contributed by atoms with Crippen molar-refractivity contribution in [3.05, 3.63) is 0 Å². The average Bonchev–Trinajstić information content (AvgIpc) is 3.15. The molecule has 6 rings (SSSR count). The first-order chi connectivity index (χ1) is 14.4. The van der Waals surface area contributed by atoms with Gasteiger partial charge in [0.2, 0.25) is 0 Å². The molecule has 0 aromatic rings. The van der Waals surface area contributed by atoms with Crippen molar-refractivity contribution in [2.45, 2.75) is 69.0 Å². The first kappa shape index (κ1) is 20.4. The topological polar surface area (TPSA) is 71.4 Å². The molecule has 7 bridgehead atoms. The molecule has 170 valence electrons. The van der Waals surface area contributed by atoms with Crippen molar-refractivity contribution >= 4 is 0 Å². The minimum Gasteiger partial charge on any atom is -0.392 e. The van der Waals surface area contributed by atoms with E-state index >= 15 is 0 Å². The van der Waals surface area contributed by atoms with Gasteiger partial charge in [-0.15, -0.1) is 0 Å². The van der Waals surface area contributed by atoms with E-state index in [2.05, 4.69) is 11.8 Å². The van der Waals surface area contributed by atoms with Gasteiger partial charge >= 0.3 is 0 Å². The molecule has 1 saturated heterocycles. The van der Waals surface area contributed by atoms with E-state index in [4.69, 9.17) is 14.2 Å². The lowest BCUT2D eigenvalue weighted by Gasteiger charge is -2.69. The summed E-state index contributed by atoms with van der Waals surface area (Å²) >= 11 is 0. The van der Waals surface area contributed by atoms with Crippen molar-refractivity contribution in [2.75, 3.05) is 41.0 Å². The summed E-state index contributed by atoms with van der Waals surface area (Å²) in [6, 6.07) is 0.329. The number of nitrogens with zero attached hydrogens (tertiary/aromatic N) is 1. The molecule has 1 aliphatic heterocycles. The van der Waals surface area contributed by atoms with Crippen molar-refractivity contribution in [3.63, 3.8) is 0 Å². The molecule has 3 unspecified atom stereocenters. The van der Waals surface area contributed by atoms with Crippen LogP contribution in [-0.2, 0) is 14.2 Å². The molecule has 12 atom stereocenters. The quantitative estimate of drug-likeness (QED) is 0.702. The predicted octanol–water partition coefficient (Wildman–Crippen LogP) is 1.53. The van der Waals surface area contributed by atoms with Crippen LogP contribution >= 0.6 is 0 Å². The number of methoxy groups -OCH3 is 3. The number of aliphatic hydroxyl groups excluding tert-OH is 1. The largest absolute Gasteiger partial charge is 0.392 e. The Kier molecular flexibility index (Phi) is 4.36. The monoisotopic (exact) mass is 421 g/mol. The lowest BCUT2D eigenvalue weighted by atomic mass is 9.43. The molecule has 30 heavy (non-hydrogen) atoms. The van der Waals surface area contributed by atoms with E-state index in [1.165, 1.54) is 0 Å². The number of ether oxygens (including phenoxy) is 3. The summed E-state index contributed by atoms with van der Waals surface area (Å²) < 4.78 is 18.0. The number of piperidine rings is 1. The normalized spacial score (nSPS) is 60.8. The van der Waals surface area contributed by atoms with Gasteiger partial charge in [-0.25, -0.2) is 0 Å². The van der Waals surface area contributed by atoms with Gasteiger partial charge in [-0.1, -0.05) is 6.92 Å². The smallest absolute Gasteiger partial charge is 0.0771 e. The van der Waals surface area contributed by atoms with E-state index in [1.807, 2.05) is 14.2 Å². The van der Waals surface area contributed by atoms with Crippen LogP contribution in [0.25, 0.3) is 0 Å². The molecule has 5 aliphatic carbocycles. The van der Waals surface area contributed by atoms with Gasteiger partial charge in [0.25, 0.3) is 0 Å². The van der Waals surface area contributed by atoms with Gasteiger partial charge in [-0.3, -0.25) is 4.90 Å². The Morgan fingerprint density at radius 3 is 2.57 bits per heavy atom. The van der Waals surface area contributed by atoms with E-state index < -0.39 is 11.7 Å². The van der Waals surface area contributed by atoms with E-state index in [0.717, 1.165) is 45.4 Å². The van der Waals surface area contributed by atoms with Crippen molar-refractivity contribution in [1.82, 2.24) is 4.90 Å². The third-order valence-corrected chi connectivity index (χ3v) is 11.2. The number of hydrogen-bond donors (Lipinski definition) is 2. The Balaban J connectivity index is 1.58. The summed E-state index contributed by atoms with van der Waals surface area (Å²) in [6.07, 6.45) is 4.52. The number of aliphatic hydroxyl groups is 2. The summed E-state index contributed by atoms with van der Waals surface area (Å²) in [6.45, 7) is 5.11. The molecule has 0 amide bonds. The van der Waals surface area contributed by atoms with Crippen LogP contribution in [0, 0.1) is 40.4 Å². The van der Waals surface area contributed by atoms with Crippen LogP contribution in [-0.4, -0.2) is 86.1 Å². The molecular weight excluding hydrogens is 382 g/mol. The molecular formula is C24H39NO5. The van der Waals surface area contributed by atoms with Crippen LogP contribution in [0.4, 0.5) is 0 Å². The van der Waals surface area contributed by atoms with Gasteiger partial charge in [0.15, 0.2) is 0 Å². The third-order valence-electron chi connectivity index (χ3n) is 11.2. The molecule has 5 saturated carbocycles. The molecule has 0 aromatic carbocycles. The summed E-state index contributed by atoms with van der Waals surface area (Å²) in [4.78, 5) is 2.67.